The molecule has 9 heteroatoms. The Balaban J connectivity index is 1.47. The lowest BCUT2D eigenvalue weighted by Gasteiger charge is -2.56. The zero-order valence-electron chi connectivity index (χ0n) is 16.4. The fourth-order valence-corrected chi connectivity index (χ4v) is 4.60. The Morgan fingerprint density at radius 3 is 2.38 bits per heavy atom. The SMILES string of the molecule is CNc1cc(N2CC3(COC3)C2)c(C(=O)NC2CCC(C(F)(F)F)CC2)cc1N. The monoisotopic (exact) mass is 412 g/mol. The van der Waals surface area contributed by atoms with Gasteiger partial charge in [-0.2, -0.15) is 13.2 Å². The van der Waals surface area contributed by atoms with E-state index in [9.17, 15) is 18.0 Å². The maximum atomic E-state index is 13.0. The number of hydrogen-bond donors (Lipinski definition) is 3. The van der Waals surface area contributed by atoms with Crippen LogP contribution in [0.2, 0.25) is 0 Å². The fourth-order valence-electron chi connectivity index (χ4n) is 4.60. The summed E-state index contributed by atoms with van der Waals surface area (Å²) in [5.74, 6) is -1.55. The normalized spacial score (nSPS) is 25.9. The van der Waals surface area contributed by atoms with Gasteiger partial charge >= 0.3 is 6.18 Å². The van der Waals surface area contributed by atoms with Crippen LogP contribution in [-0.2, 0) is 4.74 Å². The maximum absolute atomic E-state index is 13.0. The van der Waals surface area contributed by atoms with Crippen LogP contribution < -0.4 is 21.3 Å². The first-order chi connectivity index (χ1) is 13.7. The molecule has 3 fully saturated rings. The van der Waals surface area contributed by atoms with E-state index in [1.54, 1.807) is 13.1 Å². The van der Waals surface area contributed by atoms with Crippen LogP contribution in [-0.4, -0.2) is 51.5 Å². The van der Waals surface area contributed by atoms with Gasteiger partial charge in [0.25, 0.3) is 5.91 Å². The minimum absolute atomic E-state index is 0.0524. The topological polar surface area (TPSA) is 79.6 Å². The van der Waals surface area contributed by atoms with Gasteiger partial charge in [0.15, 0.2) is 0 Å². The molecule has 2 aliphatic heterocycles. The number of alkyl halides is 3. The summed E-state index contributed by atoms with van der Waals surface area (Å²) < 4.78 is 43.9. The van der Waals surface area contributed by atoms with E-state index in [4.69, 9.17) is 10.5 Å². The molecule has 4 rings (SSSR count). The molecule has 3 aliphatic rings. The van der Waals surface area contributed by atoms with Crippen molar-refractivity contribution in [2.45, 2.75) is 37.9 Å². The van der Waals surface area contributed by atoms with Gasteiger partial charge in [0.05, 0.1) is 47.2 Å². The van der Waals surface area contributed by atoms with Gasteiger partial charge in [0.2, 0.25) is 0 Å². The van der Waals surface area contributed by atoms with Crippen molar-refractivity contribution in [3.63, 3.8) is 0 Å². The Morgan fingerprint density at radius 1 is 1.21 bits per heavy atom. The molecule has 1 saturated carbocycles. The van der Waals surface area contributed by atoms with Crippen LogP contribution in [0.15, 0.2) is 12.1 Å². The van der Waals surface area contributed by atoms with Crippen LogP contribution in [0, 0.1) is 11.3 Å². The van der Waals surface area contributed by atoms with E-state index >= 15 is 0 Å². The molecule has 1 spiro atoms. The number of rotatable bonds is 4. The van der Waals surface area contributed by atoms with Gasteiger partial charge in [0.1, 0.15) is 0 Å². The van der Waals surface area contributed by atoms with Gasteiger partial charge in [-0.25, -0.2) is 0 Å². The number of nitrogens with two attached hydrogens (primary N) is 1. The largest absolute Gasteiger partial charge is 0.397 e. The van der Waals surface area contributed by atoms with E-state index < -0.39 is 12.1 Å². The number of carbonyl (C=O) groups excluding carboxylic acids is 1. The summed E-state index contributed by atoms with van der Waals surface area (Å²) in [6.07, 6.45) is -3.38. The molecule has 1 aromatic rings. The van der Waals surface area contributed by atoms with Crippen LogP contribution in [0.3, 0.4) is 0 Å². The Labute approximate surface area is 167 Å². The first-order valence-electron chi connectivity index (χ1n) is 10.0. The van der Waals surface area contributed by atoms with Crippen molar-refractivity contribution in [2.24, 2.45) is 11.3 Å². The molecule has 4 N–H and O–H groups in total. The second-order valence-electron chi connectivity index (χ2n) is 8.62. The van der Waals surface area contributed by atoms with Gasteiger partial charge in [0, 0.05) is 26.2 Å². The second kappa shape index (κ2) is 7.27. The molecule has 1 aromatic carbocycles. The number of carbonyl (C=O) groups is 1. The number of ether oxygens (including phenoxy) is 1. The number of benzene rings is 1. The molecule has 29 heavy (non-hydrogen) atoms. The minimum atomic E-state index is -4.15. The summed E-state index contributed by atoms with van der Waals surface area (Å²) in [7, 11) is 1.77. The minimum Gasteiger partial charge on any atom is -0.397 e. The third-order valence-corrected chi connectivity index (χ3v) is 6.42. The highest BCUT2D eigenvalue weighted by Crippen LogP contribution is 2.43. The van der Waals surface area contributed by atoms with E-state index in [0.717, 1.165) is 37.7 Å². The molecule has 2 saturated heterocycles. The van der Waals surface area contributed by atoms with Crippen molar-refractivity contribution in [2.75, 3.05) is 49.3 Å². The number of nitrogens with one attached hydrogen (secondary N) is 2. The first kappa shape index (κ1) is 20.1. The standard InChI is InChI=1S/C20H27F3N4O2/c1-25-16-7-17(27-8-19(9-27)10-29-11-19)14(6-15(16)24)18(28)26-13-4-2-12(3-5-13)20(21,22)23/h6-7,12-13,25H,2-5,8-11,24H2,1H3,(H,26,28). The Kier molecular flexibility index (Phi) is 5.04. The molecule has 0 atom stereocenters. The highest BCUT2D eigenvalue weighted by molar-refractivity contribution is 6.02. The van der Waals surface area contributed by atoms with E-state index in [2.05, 4.69) is 15.5 Å². The molecule has 2 heterocycles. The lowest BCUT2D eigenvalue weighted by molar-refractivity contribution is -0.182. The molecule has 0 aromatic heterocycles. The van der Waals surface area contributed by atoms with Crippen molar-refractivity contribution in [3.05, 3.63) is 17.7 Å². The molecule has 0 unspecified atom stereocenters. The fraction of sp³-hybridized carbons (Fsp3) is 0.650. The Hall–Kier alpha value is -2.16. The Bertz CT molecular complexity index is 779. The summed E-state index contributed by atoms with van der Waals surface area (Å²) in [5, 5.41) is 5.97. The third-order valence-electron chi connectivity index (χ3n) is 6.42. The van der Waals surface area contributed by atoms with Crippen molar-refractivity contribution in [1.82, 2.24) is 5.32 Å². The van der Waals surface area contributed by atoms with Crippen LogP contribution in [0.4, 0.5) is 30.2 Å². The smallest absolute Gasteiger partial charge is 0.391 e. The summed E-state index contributed by atoms with van der Waals surface area (Å²) >= 11 is 0. The van der Waals surface area contributed by atoms with Gasteiger partial charge in [-0.1, -0.05) is 0 Å². The third kappa shape index (κ3) is 3.84. The molecule has 0 radical (unpaired) electrons. The zero-order chi connectivity index (χ0) is 20.8. The molecule has 1 amide bonds. The number of nitrogens with zero attached hydrogens (tertiary/aromatic N) is 1. The van der Waals surface area contributed by atoms with E-state index in [-0.39, 0.29) is 30.2 Å². The predicted molar refractivity (Wildman–Crippen MR) is 105 cm³/mol. The molecular formula is C20H27F3N4O2. The lowest BCUT2D eigenvalue weighted by Crippen LogP contribution is -2.66. The van der Waals surface area contributed by atoms with Gasteiger partial charge in [-0.15, -0.1) is 0 Å². The number of hydrogen-bond acceptors (Lipinski definition) is 5. The van der Waals surface area contributed by atoms with Crippen LogP contribution in [0.5, 0.6) is 0 Å². The highest BCUT2D eigenvalue weighted by Gasteiger charge is 2.49. The van der Waals surface area contributed by atoms with Gasteiger partial charge in [-0.05, 0) is 37.8 Å². The summed E-state index contributed by atoms with van der Waals surface area (Å²) in [6.45, 7) is 3.11. The average molecular weight is 412 g/mol. The summed E-state index contributed by atoms with van der Waals surface area (Å²) in [6, 6.07) is 3.28. The molecule has 160 valence electrons. The Morgan fingerprint density at radius 2 is 1.86 bits per heavy atom. The van der Waals surface area contributed by atoms with E-state index in [1.807, 2.05) is 6.07 Å². The van der Waals surface area contributed by atoms with Crippen LogP contribution in [0.1, 0.15) is 36.0 Å². The van der Waals surface area contributed by atoms with Crippen LogP contribution in [0.25, 0.3) is 0 Å². The lowest BCUT2D eigenvalue weighted by atomic mass is 9.77. The number of nitrogen functional groups attached to an aromatic ring is 1. The molecular weight excluding hydrogens is 385 g/mol. The van der Waals surface area contributed by atoms with Crippen molar-refractivity contribution < 1.29 is 22.7 Å². The first-order valence-corrected chi connectivity index (χ1v) is 10.0. The predicted octanol–water partition coefficient (Wildman–Crippen LogP) is 3.00. The van der Waals surface area contributed by atoms with E-state index in [1.165, 1.54) is 0 Å². The van der Waals surface area contributed by atoms with E-state index in [0.29, 0.717) is 24.1 Å². The quantitative estimate of drug-likeness (QED) is 0.663. The van der Waals surface area contributed by atoms with Crippen molar-refractivity contribution in [3.8, 4) is 0 Å². The number of halogens is 3. The average Bonchev–Trinajstić information content (AvgIpc) is 2.59. The summed E-state index contributed by atoms with van der Waals surface area (Å²) in [5.41, 5.74) is 8.73. The molecule has 0 bridgehead atoms. The van der Waals surface area contributed by atoms with Gasteiger partial charge in [-0.3, -0.25) is 4.79 Å². The maximum Gasteiger partial charge on any atom is 0.391 e. The second-order valence-corrected chi connectivity index (χ2v) is 8.62. The number of anilines is 3. The number of amides is 1. The molecule has 1 aliphatic carbocycles. The molecule has 6 nitrogen and oxygen atoms in total. The van der Waals surface area contributed by atoms with Crippen molar-refractivity contribution >= 4 is 23.0 Å². The zero-order valence-corrected chi connectivity index (χ0v) is 16.4. The van der Waals surface area contributed by atoms with Crippen molar-refractivity contribution in [1.29, 1.82) is 0 Å². The highest BCUT2D eigenvalue weighted by atomic mass is 19.4. The van der Waals surface area contributed by atoms with Crippen LogP contribution >= 0.6 is 0 Å². The summed E-state index contributed by atoms with van der Waals surface area (Å²) in [4.78, 5) is 15.1. The van der Waals surface area contributed by atoms with Gasteiger partial charge < -0.3 is 26.0 Å².